The average Bonchev–Trinajstić information content (AvgIpc) is 2.69. The quantitative estimate of drug-likeness (QED) is 0.302. The maximum Gasteiger partial charge on any atom is 0.460 e. The van der Waals surface area contributed by atoms with Crippen LogP contribution in [-0.4, -0.2) is 41.0 Å². The summed E-state index contributed by atoms with van der Waals surface area (Å²) in [5.74, 6) is -23.5. The first-order valence-corrected chi connectivity index (χ1v) is 9.43. The molecule has 1 heterocycles. The molecule has 1 amide bonds. The Hall–Kier alpha value is -2.29. The number of halogens is 12. The van der Waals surface area contributed by atoms with Crippen molar-refractivity contribution in [3.05, 3.63) is 57.5 Å². The highest BCUT2D eigenvalue weighted by molar-refractivity contribution is 9.10. The largest absolute Gasteiger partial charge is 0.460 e. The number of carbonyl (C=O) groups is 1. The van der Waals surface area contributed by atoms with Gasteiger partial charge >= 0.3 is 23.9 Å². The number of hydrogen-bond donors (Lipinski definition) is 2. The van der Waals surface area contributed by atoms with Crippen LogP contribution < -0.4 is 10.6 Å². The molecule has 33 heavy (non-hydrogen) atoms. The van der Waals surface area contributed by atoms with E-state index in [-0.39, 0.29) is 0 Å². The molecule has 0 bridgehead atoms. The molecule has 4 nitrogen and oxygen atoms in total. The molecule has 0 aliphatic carbocycles. The maximum absolute atomic E-state index is 14.5. The fourth-order valence-electron chi connectivity index (χ4n) is 2.25. The van der Waals surface area contributed by atoms with Crippen LogP contribution in [0.5, 0.6) is 0 Å². The summed E-state index contributed by atoms with van der Waals surface area (Å²) in [4.78, 5) is 15.7. The van der Waals surface area contributed by atoms with Crippen molar-refractivity contribution in [1.82, 2.24) is 10.3 Å². The number of aromatic nitrogens is 1. The summed E-state index contributed by atoms with van der Waals surface area (Å²) in [6.45, 7) is 0. The van der Waals surface area contributed by atoms with Gasteiger partial charge in [0, 0.05) is 16.4 Å². The summed E-state index contributed by atoms with van der Waals surface area (Å²) < 4.78 is 135. The normalized spacial score (nSPS) is 14.1. The highest BCUT2D eigenvalue weighted by Crippen LogP contribution is 2.54. The van der Waals surface area contributed by atoms with Crippen molar-refractivity contribution in [3.8, 4) is 0 Å². The highest BCUT2D eigenvalue weighted by atomic mass is 79.9. The van der Waals surface area contributed by atoms with E-state index >= 15 is 0 Å². The Labute approximate surface area is 191 Å². The standard InChI is InChI=1S/C17H9BrClF10N3O/c18-7-1-4-11(30-6-7)12(33)32-13(31-8-2-3-9(19)10(20)5-8)14(21,22)15(23,24)16(25,26)17(27,28)29/h1-6,13,31H,(H,32,33). The minimum absolute atomic E-state index is 0.298. The zero-order valence-electron chi connectivity index (χ0n) is 15.4. The molecule has 0 aliphatic rings. The number of rotatable bonds is 7. The first kappa shape index (κ1) is 27.0. The Morgan fingerprint density at radius 1 is 0.970 bits per heavy atom. The van der Waals surface area contributed by atoms with Crippen LogP contribution in [0.2, 0.25) is 5.02 Å². The molecule has 2 N–H and O–H groups in total. The van der Waals surface area contributed by atoms with Crippen LogP contribution in [-0.2, 0) is 0 Å². The average molecular weight is 577 g/mol. The zero-order chi connectivity index (χ0) is 25.4. The predicted molar refractivity (Wildman–Crippen MR) is 99.1 cm³/mol. The lowest BCUT2D eigenvalue weighted by Crippen LogP contribution is -2.68. The van der Waals surface area contributed by atoms with Crippen LogP contribution >= 0.6 is 27.5 Å². The SMILES string of the molecule is O=C(NC(Nc1ccc(Cl)c(F)c1)C(F)(F)C(F)(F)C(F)(F)C(F)(F)F)c1ccc(Br)cn1. The summed E-state index contributed by atoms with van der Waals surface area (Å²) >= 11 is 8.33. The van der Waals surface area contributed by atoms with E-state index in [1.54, 1.807) is 0 Å². The van der Waals surface area contributed by atoms with Crippen LogP contribution in [0.15, 0.2) is 41.0 Å². The highest BCUT2D eigenvalue weighted by Gasteiger charge is 2.83. The third-order valence-electron chi connectivity index (χ3n) is 4.00. The van der Waals surface area contributed by atoms with Crippen molar-refractivity contribution in [3.63, 3.8) is 0 Å². The van der Waals surface area contributed by atoms with Crippen LogP contribution in [0.25, 0.3) is 0 Å². The number of anilines is 1. The van der Waals surface area contributed by atoms with Gasteiger partial charge < -0.3 is 10.6 Å². The van der Waals surface area contributed by atoms with E-state index in [0.717, 1.165) is 24.4 Å². The molecule has 1 atom stereocenters. The van der Waals surface area contributed by atoms with Crippen molar-refractivity contribution in [2.75, 3.05) is 5.32 Å². The molecule has 0 aliphatic heterocycles. The Balaban J connectivity index is 2.52. The van der Waals surface area contributed by atoms with E-state index in [9.17, 15) is 48.7 Å². The third kappa shape index (κ3) is 5.28. The van der Waals surface area contributed by atoms with Crippen molar-refractivity contribution >= 4 is 39.1 Å². The van der Waals surface area contributed by atoms with E-state index in [1.165, 1.54) is 16.7 Å². The molecule has 1 aromatic heterocycles. The van der Waals surface area contributed by atoms with E-state index in [2.05, 4.69) is 20.9 Å². The number of hydrogen-bond acceptors (Lipinski definition) is 3. The number of alkyl halides is 9. The van der Waals surface area contributed by atoms with E-state index in [0.29, 0.717) is 10.5 Å². The molecule has 0 spiro atoms. The van der Waals surface area contributed by atoms with Crippen LogP contribution in [0.3, 0.4) is 0 Å². The lowest BCUT2D eigenvalue weighted by molar-refractivity contribution is -0.398. The maximum atomic E-state index is 14.5. The molecule has 0 radical (unpaired) electrons. The summed E-state index contributed by atoms with van der Waals surface area (Å²) in [6.07, 6.45) is -9.69. The van der Waals surface area contributed by atoms with E-state index in [1.807, 2.05) is 0 Å². The number of carbonyl (C=O) groups excluding carboxylic acids is 1. The predicted octanol–water partition coefficient (Wildman–Crippen LogP) is 6.27. The van der Waals surface area contributed by atoms with Gasteiger partial charge in [-0.15, -0.1) is 0 Å². The van der Waals surface area contributed by atoms with Gasteiger partial charge in [-0.2, -0.15) is 39.5 Å². The molecule has 182 valence electrons. The first-order valence-electron chi connectivity index (χ1n) is 8.26. The zero-order valence-corrected chi connectivity index (χ0v) is 17.8. The Bertz CT molecular complexity index is 1020. The summed E-state index contributed by atoms with van der Waals surface area (Å²) in [7, 11) is 0. The molecule has 2 aromatic rings. The molecule has 0 saturated carbocycles. The van der Waals surface area contributed by atoms with Gasteiger partial charge in [0.15, 0.2) is 6.17 Å². The van der Waals surface area contributed by atoms with Gasteiger partial charge in [0.25, 0.3) is 5.91 Å². The second kappa shape index (κ2) is 9.16. The summed E-state index contributed by atoms with van der Waals surface area (Å²) in [6, 6.07) is 3.89. The number of benzene rings is 1. The lowest BCUT2D eigenvalue weighted by Gasteiger charge is -2.38. The van der Waals surface area contributed by atoms with E-state index < -0.39 is 58.2 Å². The number of nitrogens with zero attached hydrogens (tertiary/aromatic N) is 1. The van der Waals surface area contributed by atoms with E-state index in [4.69, 9.17) is 11.6 Å². The third-order valence-corrected chi connectivity index (χ3v) is 4.77. The van der Waals surface area contributed by atoms with Crippen molar-refractivity contribution in [2.45, 2.75) is 30.1 Å². The van der Waals surface area contributed by atoms with Gasteiger partial charge in [0.2, 0.25) is 0 Å². The molecule has 1 aromatic carbocycles. The monoisotopic (exact) mass is 575 g/mol. The molecule has 1 unspecified atom stereocenters. The summed E-state index contributed by atoms with van der Waals surface area (Å²) in [5.41, 5.74) is -1.49. The van der Waals surface area contributed by atoms with Crippen molar-refractivity contribution < 1.29 is 48.7 Å². The van der Waals surface area contributed by atoms with Crippen LogP contribution in [0, 0.1) is 5.82 Å². The Morgan fingerprint density at radius 2 is 1.58 bits per heavy atom. The second-order valence-corrected chi connectivity index (χ2v) is 7.63. The smallest absolute Gasteiger partial charge is 0.360 e. The number of nitrogens with one attached hydrogen (secondary N) is 2. The fourth-order valence-corrected chi connectivity index (χ4v) is 2.61. The molecular weight excluding hydrogens is 568 g/mol. The Morgan fingerprint density at radius 3 is 2.06 bits per heavy atom. The van der Waals surface area contributed by atoms with Gasteiger partial charge in [-0.1, -0.05) is 11.6 Å². The minimum atomic E-state index is -7.21. The van der Waals surface area contributed by atoms with Crippen molar-refractivity contribution in [1.29, 1.82) is 0 Å². The van der Waals surface area contributed by atoms with Crippen LogP contribution in [0.4, 0.5) is 49.6 Å². The van der Waals surface area contributed by atoms with Crippen LogP contribution in [0.1, 0.15) is 10.5 Å². The van der Waals surface area contributed by atoms with Crippen molar-refractivity contribution in [2.24, 2.45) is 0 Å². The second-order valence-electron chi connectivity index (χ2n) is 6.31. The number of amides is 1. The minimum Gasteiger partial charge on any atom is -0.360 e. The molecular formula is C17H9BrClF10N3O. The van der Waals surface area contributed by atoms with Gasteiger partial charge in [0.1, 0.15) is 11.5 Å². The molecule has 0 fully saturated rings. The van der Waals surface area contributed by atoms with Gasteiger partial charge in [-0.25, -0.2) is 9.37 Å². The Kier molecular flexibility index (Phi) is 7.48. The fraction of sp³-hybridized carbons (Fsp3) is 0.294. The first-order chi connectivity index (χ1) is 14.9. The summed E-state index contributed by atoms with van der Waals surface area (Å²) in [5, 5.41) is 2.07. The van der Waals surface area contributed by atoms with Gasteiger partial charge in [-0.3, -0.25) is 4.79 Å². The topological polar surface area (TPSA) is 54.0 Å². The molecule has 2 rings (SSSR count). The number of pyridine rings is 1. The van der Waals surface area contributed by atoms with Gasteiger partial charge in [-0.05, 0) is 46.3 Å². The van der Waals surface area contributed by atoms with Gasteiger partial charge in [0.05, 0.1) is 5.02 Å². The molecule has 0 saturated heterocycles. The molecule has 16 heteroatoms. The lowest BCUT2D eigenvalue weighted by atomic mass is 10.0.